The molecule has 0 spiro atoms. The summed E-state index contributed by atoms with van der Waals surface area (Å²) in [5.41, 5.74) is 2.19. The maximum Gasteiger partial charge on any atom is 0.407 e. The van der Waals surface area contributed by atoms with E-state index in [1.807, 2.05) is 35.3 Å². The molecule has 0 radical (unpaired) electrons. The number of nitrogens with zero attached hydrogens (tertiary/aromatic N) is 3. The van der Waals surface area contributed by atoms with Crippen molar-refractivity contribution in [2.75, 3.05) is 5.32 Å². The molecule has 0 fully saturated rings. The second-order valence-corrected chi connectivity index (χ2v) is 9.40. The fraction of sp³-hybridized carbons (Fsp3) is 0.273. The van der Waals surface area contributed by atoms with Gasteiger partial charge in [-0.1, -0.05) is 6.07 Å². The van der Waals surface area contributed by atoms with Crippen molar-refractivity contribution < 1.29 is 14.3 Å². The molecule has 1 aliphatic carbocycles. The molecule has 1 atom stereocenters. The van der Waals surface area contributed by atoms with E-state index in [-0.39, 0.29) is 12.0 Å². The zero-order valence-electron chi connectivity index (χ0n) is 17.3. The molecule has 3 aromatic rings. The van der Waals surface area contributed by atoms with Crippen LogP contribution in [0.25, 0.3) is 6.08 Å². The summed E-state index contributed by atoms with van der Waals surface area (Å²) >= 11 is 2.91. The summed E-state index contributed by atoms with van der Waals surface area (Å²) in [5.74, 6) is -0.282. The molecule has 0 bridgehead atoms. The Balaban J connectivity index is 1.35. The lowest BCUT2D eigenvalue weighted by Gasteiger charge is -2.22. The van der Waals surface area contributed by atoms with Gasteiger partial charge < -0.3 is 19.9 Å². The highest BCUT2D eigenvalue weighted by Gasteiger charge is 2.28. The zero-order valence-corrected chi connectivity index (χ0v) is 19.0. The van der Waals surface area contributed by atoms with Crippen LogP contribution in [0, 0.1) is 11.3 Å². The van der Waals surface area contributed by atoms with Crippen molar-refractivity contribution in [3.05, 3.63) is 62.7 Å². The highest BCUT2D eigenvalue weighted by atomic mass is 32.1. The number of ether oxygens (including phenoxy) is 1. The van der Waals surface area contributed by atoms with Gasteiger partial charge in [0.2, 0.25) is 5.91 Å². The van der Waals surface area contributed by atoms with Crippen molar-refractivity contribution in [3.8, 4) is 6.07 Å². The molecule has 2 N–H and O–H groups in total. The summed E-state index contributed by atoms with van der Waals surface area (Å²) in [6, 6.07) is 6.06. The van der Waals surface area contributed by atoms with Gasteiger partial charge in [0.15, 0.2) is 0 Å². The van der Waals surface area contributed by atoms with Crippen LogP contribution in [-0.4, -0.2) is 27.7 Å². The van der Waals surface area contributed by atoms with Crippen LogP contribution in [-0.2, 0) is 36.0 Å². The molecular formula is C22H21N5O3S2. The third kappa shape index (κ3) is 5.25. The lowest BCUT2D eigenvalue weighted by Crippen LogP contribution is -2.31. The maximum atomic E-state index is 12.3. The first-order chi connectivity index (χ1) is 15.5. The Hall–Kier alpha value is -3.42. The SMILES string of the molecule is Cn1cnc(CNC(=O)OC2CCc3c(sc(NC(=O)C=Cc4cccs4)c3C#N)C2)c1. The number of hydrogen-bond donors (Lipinski definition) is 2. The van der Waals surface area contributed by atoms with E-state index in [2.05, 4.69) is 21.7 Å². The number of aromatic nitrogens is 2. The second-order valence-electron chi connectivity index (χ2n) is 7.31. The van der Waals surface area contributed by atoms with Gasteiger partial charge in [-0.2, -0.15) is 5.26 Å². The minimum absolute atomic E-state index is 0.279. The van der Waals surface area contributed by atoms with Crippen LogP contribution in [0.4, 0.5) is 9.80 Å². The highest BCUT2D eigenvalue weighted by Crippen LogP contribution is 2.38. The zero-order chi connectivity index (χ0) is 22.5. The van der Waals surface area contributed by atoms with Crippen LogP contribution >= 0.6 is 22.7 Å². The number of carbonyl (C=O) groups excluding carboxylic acids is 2. The first-order valence-corrected chi connectivity index (χ1v) is 11.7. The van der Waals surface area contributed by atoms with Crippen LogP contribution < -0.4 is 10.6 Å². The molecule has 164 valence electrons. The number of amides is 2. The van der Waals surface area contributed by atoms with E-state index in [4.69, 9.17) is 4.74 Å². The topological polar surface area (TPSA) is 109 Å². The summed E-state index contributed by atoms with van der Waals surface area (Å²) in [6.45, 7) is 0.296. The molecule has 0 saturated heterocycles. The molecule has 3 heterocycles. The maximum absolute atomic E-state index is 12.3. The van der Waals surface area contributed by atoms with Crippen LogP contribution in [0.2, 0.25) is 0 Å². The van der Waals surface area contributed by atoms with E-state index < -0.39 is 6.09 Å². The number of nitriles is 1. The molecule has 2 amide bonds. The Bertz CT molecular complexity index is 1190. The fourth-order valence-corrected chi connectivity index (χ4v) is 5.36. The van der Waals surface area contributed by atoms with E-state index in [9.17, 15) is 14.9 Å². The number of thiophene rings is 2. The molecule has 32 heavy (non-hydrogen) atoms. The molecule has 10 heteroatoms. The van der Waals surface area contributed by atoms with Gasteiger partial charge in [-0.3, -0.25) is 4.79 Å². The van der Waals surface area contributed by atoms with Gasteiger partial charge >= 0.3 is 6.09 Å². The standard InChI is InChI=1S/C22H21N5O3S2/c1-27-12-14(25-13-27)11-24-22(29)30-15-4-6-17-18(10-23)21(32-19(17)9-15)26-20(28)7-5-16-3-2-8-31-16/h2-3,5,7-8,12-13,15H,4,6,9,11H2,1H3,(H,24,29)(H,26,28). The average Bonchev–Trinajstić information content (AvgIpc) is 3.50. The highest BCUT2D eigenvalue weighted by molar-refractivity contribution is 7.16. The van der Waals surface area contributed by atoms with Gasteiger partial charge in [0.1, 0.15) is 17.2 Å². The molecule has 3 aromatic heterocycles. The van der Waals surface area contributed by atoms with Crippen molar-refractivity contribution in [3.63, 3.8) is 0 Å². The van der Waals surface area contributed by atoms with E-state index in [1.165, 1.54) is 17.4 Å². The third-order valence-electron chi connectivity index (χ3n) is 4.96. The molecular weight excluding hydrogens is 446 g/mol. The third-order valence-corrected chi connectivity index (χ3v) is 6.96. The number of rotatable bonds is 6. The lowest BCUT2D eigenvalue weighted by molar-refractivity contribution is -0.111. The smallest absolute Gasteiger partial charge is 0.407 e. The summed E-state index contributed by atoms with van der Waals surface area (Å²) in [4.78, 5) is 30.6. The van der Waals surface area contributed by atoms with Crippen LogP contribution in [0.15, 0.2) is 36.1 Å². The molecule has 4 rings (SSSR count). The van der Waals surface area contributed by atoms with Crippen molar-refractivity contribution in [2.24, 2.45) is 7.05 Å². The monoisotopic (exact) mass is 467 g/mol. The average molecular weight is 468 g/mol. The molecule has 0 saturated carbocycles. The molecule has 1 aliphatic rings. The number of nitrogens with one attached hydrogen (secondary N) is 2. The Kier molecular flexibility index (Phi) is 6.68. The second kappa shape index (κ2) is 9.80. The van der Waals surface area contributed by atoms with E-state index in [0.717, 1.165) is 21.0 Å². The van der Waals surface area contributed by atoms with Gasteiger partial charge in [0.25, 0.3) is 0 Å². The number of imidazole rings is 1. The molecule has 8 nitrogen and oxygen atoms in total. The van der Waals surface area contributed by atoms with Crippen LogP contribution in [0.1, 0.15) is 33.0 Å². The molecule has 0 aromatic carbocycles. The van der Waals surface area contributed by atoms with Gasteiger partial charge in [-0.05, 0) is 35.9 Å². The number of hydrogen-bond acceptors (Lipinski definition) is 7. The summed E-state index contributed by atoms with van der Waals surface area (Å²) in [5, 5.41) is 17.7. The van der Waals surface area contributed by atoms with Gasteiger partial charge in [-0.25, -0.2) is 9.78 Å². The van der Waals surface area contributed by atoms with Gasteiger partial charge in [-0.15, -0.1) is 22.7 Å². The number of aryl methyl sites for hydroxylation is 1. The molecule has 0 aliphatic heterocycles. The minimum atomic E-state index is -0.492. The Morgan fingerprint density at radius 3 is 3.06 bits per heavy atom. The van der Waals surface area contributed by atoms with Gasteiger partial charge in [0.05, 0.1) is 24.1 Å². The van der Waals surface area contributed by atoms with Crippen molar-refractivity contribution in [1.29, 1.82) is 5.26 Å². The fourth-order valence-electron chi connectivity index (χ4n) is 3.47. The normalized spacial score (nSPS) is 15.2. The number of anilines is 1. The minimum Gasteiger partial charge on any atom is -0.446 e. The van der Waals surface area contributed by atoms with Crippen molar-refractivity contribution in [1.82, 2.24) is 14.9 Å². The van der Waals surface area contributed by atoms with Crippen LogP contribution in [0.3, 0.4) is 0 Å². The Labute approximate surface area is 193 Å². The van der Waals surface area contributed by atoms with E-state index in [0.29, 0.717) is 36.4 Å². The largest absolute Gasteiger partial charge is 0.446 e. The Morgan fingerprint density at radius 1 is 1.47 bits per heavy atom. The first kappa shape index (κ1) is 21.8. The summed E-state index contributed by atoms with van der Waals surface area (Å²) < 4.78 is 7.37. The summed E-state index contributed by atoms with van der Waals surface area (Å²) in [6.07, 6.45) is 7.70. The quantitative estimate of drug-likeness (QED) is 0.535. The Morgan fingerprint density at radius 2 is 2.34 bits per heavy atom. The van der Waals surface area contributed by atoms with Crippen molar-refractivity contribution in [2.45, 2.75) is 31.9 Å². The van der Waals surface area contributed by atoms with Crippen LogP contribution in [0.5, 0.6) is 0 Å². The predicted molar refractivity (Wildman–Crippen MR) is 123 cm³/mol. The predicted octanol–water partition coefficient (Wildman–Crippen LogP) is 3.85. The summed E-state index contributed by atoms with van der Waals surface area (Å²) in [7, 11) is 1.86. The van der Waals surface area contributed by atoms with E-state index in [1.54, 1.807) is 23.7 Å². The van der Waals surface area contributed by atoms with E-state index >= 15 is 0 Å². The number of carbonyl (C=O) groups is 2. The number of fused-ring (bicyclic) bond motifs is 1. The van der Waals surface area contributed by atoms with Crippen molar-refractivity contribution >= 4 is 45.8 Å². The lowest BCUT2D eigenvalue weighted by atomic mass is 9.94. The van der Waals surface area contributed by atoms with Gasteiger partial charge in [0, 0.05) is 35.5 Å². The first-order valence-electron chi connectivity index (χ1n) is 10.0. The molecule has 1 unspecified atom stereocenters. The number of alkyl carbamates (subject to hydrolysis) is 1.